The van der Waals surface area contributed by atoms with Gasteiger partial charge in [0, 0.05) is 23.5 Å². The first-order valence-corrected chi connectivity index (χ1v) is 10.5. The van der Waals surface area contributed by atoms with E-state index in [2.05, 4.69) is 44.2 Å². The van der Waals surface area contributed by atoms with Gasteiger partial charge in [-0.25, -0.2) is 9.97 Å². The number of H-pyrrole nitrogens is 2. The monoisotopic (exact) mass is 433 g/mol. The third kappa shape index (κ3) is 3.28. The van der Waals surface area contributed by atoms with Crippen LogP contribution in [0.3, 0.4) is 0 Å². The maximum Gasteiger partial charge on any atom is 0.161 e. The molecule has 0 unspecified atom stereocenters. The number of ether oxygens (including phenoxy) is 1. The highest BCUT2D eigenvalue weighted by molar-refractivity contribution is 5.95. The van der Waals surface area contributed by atoms with Crippen molar-refractivity contribution in [3.8, 4) is 39.8 Å². The van der Waals surface area contributed by atoms with Gasteiger partial charge in [-0.3, -0.25) is 15.1 Å². The molecule has 0 aliphatic heterocycles. The van der Waals surface area contributed by atoms with Gasteiger partial charge < -0.3 is 9.72 Å². The number of pyridine rings is 3. The molecule has 5 heterocycles. The van der Waals surface area contributed by atoms with E-state index in [4.69, 9.17) is 14.7 Å². The Labute approximate surface area is 188 Å². The minimum atomic E-state index is 0.631. The van der Waals surface area contributed by atoms with Crippen LogP contribution in [0.25, 0.3) is 56.1 Å². The normalized spacial score (nSPS) is 11.3. The van der Waals surface area contributed by atoms with Crippen LogP contribution in [0.4, 0.5) is 0 Å². The number of fused-ring (bicyclic) bond motifs is 2. The van der Waals surface area contributed by atoms with Crippen molar-refractivity contribution in [2.45, 2.75) is 6.92 Å². The fourth-order valence-corrected chi connectivity index (χ4v) is 3.95. The lowest BCUT2D eigenvalue weighted by atomic mass is 10.1. The van der Waals surface area contributed by atoms with Gasteiger partial charge in [0.2, 0.25) is 0 Å². The molecule has 1 aromatic carbocycles. The van der Waals surface area contributed by atoms with Crippen molar-refractivity contribution in [3.63, 3.8) is 0 Å². The van der Waals surface area contributed by atoms with Crippen molar-refractivity contribution in [3.05, 3.63) is 72.7 Å². The van der Waals surface area contributed by atoms with Crippen LogP contribution in [0.1, 0.15) is 5.56 Å². The van der Waals surface area contributed by atoms with E-state index < -0.39 is 0 Å². The van der Waals surface area contributed by atoms with Crippen LogP contribution >= 0.6 is 0 Å². The second-order valence-electron chi connectivity index (χ2n) is 7.79. The second kappa shape index (κ2) is 7.52. The molecule has 0 bridgehead atoms. The van der Waals surface area contributed by atoms with Gasteiger partial charge in [-0.05, 0) is 37.3 Å². The van der Waals surface area contributed by atoms with Gasteiger partial charge in [-0.15, -0.1) is 0 Å². The highest BCUT2D eigenvalue weighted by Gasteiger charge is 2.17. The smallest absolute Gasteiger partial charge is 0.161 e. The molecule has 0 radical (unpaired) electrons. The Morgan fingerprint density at radius 3 is 2.64 bits per heavy atom. The van der Waals surface area contributed by atoms with Crippen molar-refractivity contribution >= 4 is 22.1 Å². The van der Waals surface area contributed by atoms with E-state index in [0.29, 0.717) is 17.3 Å². The molecule has 0 fully saturated rings. The Bertz CT molecular complexity index is 1630. The summed E-state index contributed by atoms with van der Waals surface area (Å²) in [5, 5.41) is 7.56. The van der Waals surface area contributed by atoms with Crippen LogP contribution in [0.15, 0.2) is 67.1 Å². The fraction of sp³-hybridized carbons (Fsp3) is 0.0800. The number of hydrogen-bond acceptors (Lipinski definition) is 6. The zero-order chi connectivity index (χ0) is 22.4. The van der Waals surface area contributed by atoms with Crippen LogP contribution in [0.2, 0.25) is 0 Å². The van der Waals surface area contributed by atoms with E-state index >= 15 is 0 Å². The van der Waals surface area contributed by atoms with Crippen LogP contribution in [0.5, 0.6) is 5.75 Å². The number of nitrogens with one attached hydrogen (secondary N) is 2. The summed E-state index contributed by atoms with van der Waals surface area (Å²) in [4.78, 5) is 21.9. The SMILES string of the molecule is COc1cncc(-c2ccc3[nH]nc(-c4nc5c(-c6cccc(C)c6)nccc5[nH]4)c3n2)c1. The maximum atomic E-state index is 5.30. The summed E-state index contributed by atoms with van der Waals surface area (Å²) in [7, 11) is 1.62. The standard InChI is InChI=1S/C25H19N7O/c1-14-4-3-5-15(10-14)21-22-19(8-9-27-21)29-25(30-22)24-23-20(31-32-24)7-6-18(28-23)16-11-17(33-2)13-26-12-16/h3-13H,1-2H3,(H,29,30)(H,31,32). The maximum absolute atomic E-state index is 5.30. The average molecular weight is 433 g/mol. The molecule has 0 saturated carbocycles. The fourth-order valence-electron chi connectivity index (χ4n) is 3.95. The van der Waals surface area contributed by atoms with E-state index in [1.165, 1.54) is 5.56 Å². The zero-order valence-electron chi connectivity index (χ0n) is 18.0. The molecular formula is C25H19N7O. The second-order valence-corrected chi connectivity index (χ2v) is 7.79. The number of aryl methyl sites for hydroxylation is 1. The van der Waals surface area contributed by atoms with Crippen LogP contribution in [0, 0.1) is 6.92 Å². The molecule has 6 rings (SSSR count). The van der Waals surface area contributed by atoms with E-state index in [9.17, 15) is 0 Å². The first-order chi connectivity index (χ1) is 16.2. The molecule has 0 atom stereocenters. The molecular weight excluding hydrogens is 414 g/mol. The molecule has 2 N–H and O–H groups in total. The molecule has 8 heteroatoms. The highest BCUT2D eigenvalue weighted by Crippen LogP contribution is 2.31. The highest BCUT2D eigenvalue weighted by atomic mass is 16.5. The van der Waals surface area contributed by atoms with Crippen molar-refractivity contribution in [2.75, 3.05) is 7.11 Å². The largest absolute Gasteiger partial charge is 0.495 e. The number of aromatic nitrogens is 7. The van der Waals surface area contributed by atoms with Crippen LogP contribution < -0.4 is 4.74 Å². The number of benzene rings is 1. The van der Waals surface area contributed by atoms with Crippen molar-refractivity contribution < 1.29 is 4.74 Å². The van der Waals surface area contributed by atoms with Crippen LogP contribution in [-0.4, -0.2) is 42.2 Å². The third-order valence-electron chi connectivity index (χ3n) is 5.57. The third-order valence-corrected chi connectivity index (χ3v) is 5.57. The Hall–Kier alpha value is -4.59. The zero-order valence-corrected chi connectivity index (χ0v) is 18.0. The number of rotatable bonds is 4. The van der Waals surface area contributed by atoms with Gasteiger partial charge in [-0.2, -0.15) is 5.10 Å². The van der Waals surface area contributed by atoms with Gasteiger partial charge in [0.15, 0.2) is 11.5 Å². The first kappa shape index (κ1) is 19.1. The van der Waals surface area contributed by atoms with Gasteiger partial charge in [0.25, 0.3) is 0 Å². The van der Waals surface area contributed by atoms with Gasteiger partial charge in [0.05, 0.1) is 35.7 Å². The number of methoxy groups -OCH3 is 1. The lowest BCUT2D eigenvalue weighted by Gasteiger charge is -2.03. The van der Waals surface area contributed by atoms with Gasteiger partial charge in [0.1, 0.15) is 16.8 Å². The minimum absolute atomic E-state index is 0.631. The van der Waals surface area contributed by atoms with Gasteiger partial charge >= 0.3 is 0 Å². The summed E-state index contributed by atoms with van der Waals surface area (Å²) < 4.78 is 5.30. The number of imidazole rings is 1. The molecule has 0 aliphatic rings. The molecule has 0 amide bonds. The Morgan fingerprint density at radius 2 is 1.76 bits per heavy atom. The lowest BCUT2D eigenvalue weighted by Crippen LogP contribution is -1.89. The molecule has 5 aromatic heterocycles. The molecule has 0 saturated heterocycles. The van der Waals surface area contributed by atoms with E-state index in [1.807, 2.05) is 36.4 Å². The predicted molar refractivity (Wildman–Crippen MR) is 127 cm³/mol. The van der Waals surface area contributed by atoms with E-state index in [1.54, 1.807) is 25.7 Å². The molecule has 8 nitrogen and oxygen atoms in total. The molecule has 0 aliphatic carbocycles. The van der Waals surface area contributed by atoms with Gasteiger partial charge in [-0.1, -0.05) is 23.8 Å². The van der Waals surface area contributed by atoms with E-state index in [0.717, 1.165) is 44.6 Å². The summed E-state index contributed by atoms with van der Waals surface area (Å²) in [5.74, 6) is 1.31. The summed E-state index contributed by atoms with van der Waals surface area (Å²) in [5.41, 5.74) is 8.53. The summed E-state index contributed by atoms with van der Waals surface area (Å²) in [6, 6.07) is 16.0. The topological polar surface area (TPSA) is 105 Å². The van der Waals surface area contributed by atoms with Crippen LogP contribution in [-0.2, 0) is 0 Å². The lowest BCUT2D eigenvalue weighted by molar-refractivity contribution is 0.413. The Morgan fingerprint density at radius 1 is 0.848 bits per heavy atom. The van der Waals surface area contributed by atoms with Crippen molar-refractivity contribution in [2.24, 2.45) is 0 Å². The van der Waals surface area contributed by atoms with Crippen molar-refractivity contribution in [1.82, 2.24) is 35.1 Å². The van der Waals surface area contributed by atoms with Crippen molar-refractivity contribution in [1.29, 1.82) is 0 Å². The number of aromatic amines is 2. The summed E-state index contributed by atoms with van der Waals surface area (Å²) in [6.45, 7) is 2.07. The predicted octanol–water partition coefficient (Wildman–Crippen LogP) is 4.94. The minimum Gasteiger partial charge on any atom is -0.495 e. The van der Waals surface area contributed by atoms with E-state index in [-0.39, 0.29) is 0 Å². The Balaban J connectivity index is 1.49. The summed E-state index contributed by atoms with van der Waals surface area (Å²) in [6.07, 6.45) is 5.22. The summed E-state index contributed by atoms with van der Waals surface area (Å²) >= 11 is 0. The average Bonchev–Trinajstić information content (AvgIpc) is 3.47. The quantitative estimate of drug-likeness (QED) is 0.408. The number of nitrogens with zero attached hydrogens (tertiary/aromatic N) is 5. The molecule has 33 heavy (non-hydrogen) atoms. The molecule has 0 spiro atoms. The first-order valence-electron chi connectivity index (χ1n) is 10.5. The molecule has 6 aromatic rings. The Kier molecular flexibility index (Phi) is 4.36. The molecule has 160 valence electrons. The number of hydrogen-bond donors (Lipinski definition) is 2.